The summed E-state index contributed by atoms with van der Waals surface area (Å²) < 4.78 is 1.83. The Bertz CT molecular complexity index is 1040. The normalized spacial score (nSPS) is 10.8. The van der Waals surface area contributed by atoms with E-state index in [1.54, 1.807) is 6.20 Å². The molecule has 27 heavy (non-hydrogen) atoms. The van der Waals surface area contributed by atoms with Crippen molar-refractivity contribution in [2.75, 3.05) is 11.9 Å². The van der Waals surface area contributed by atoms with Crippen molar-refractivity contribution in [3.63, 3.8) is 0 Å². The molecule has 2 heterocycles. The number of rotatable bonds is 6. The van der Waals surface area contributed by atoms with E-state index < -0.39 is 0 Å². The Morgan fingerprint density at radius 2 is 1.89 bits per heavy atom. The Kier molecular flexibility index (Phi) is 4.87. The Labute approximate surface area is 157 Å². The quantitative estimate of drug-likeness (QED) is 0.490. The highest BCUT2D eigenvalue weighted by Crippen LogP contribution is 2.18. The number of nitrogens with one attached hydrogen (secondary N) is 3. The number of carbonyl (C=O) groups excluding carboxylic acids is 1. The number of hydrogen-bond donors (Lipinski definition) is 3. The Morgan fingerprint density at radius 3 is 2.78 bits per heavy atom. The summed E-state index contributed by atoms with van der Waals surface area (Å²) in [7, 11) is 0. The average molecular weight is 359 g/mol. The molecule has 6 nitrogen and oxygen atoms in total. The van der Waals surface area contributed by atoms with Crippen LogP contribution in [-0.2, 0) is 13.0 Å². The van der Waals surface area contributed by atoms with Gasteiger partial charge < -0.3 is 15.6 Å². The third-order valence-corrected chi connectivity index (χ3v) is 4.51. The molecule has 0 aliphatic carbocycles. The highest BCUT2D eigenvalue weighted by molar-refractivity contribution is 5.90. The second-order valence-corrected chi connectivity index (χ2v) is 6.35. The lowest BCUT2D eigenvalue weighted by atomic mass is 10.1. The summed E-state index contributed by atoms with van der Waals surface area (Å²) in [4.78, 5) is 15.6. The molecule has 136 valence electrons. The van der Waals surface area contributed by atoms with Gasteiger partial charge in [-0.2, -0.15) is 5.10 Å². The number of hydrogen-bond acceptors (Lipinski definition) is 2. The van der Waals surface area contributed by atoms with Crippen molar-refractivity contribution >= 4 is 22.6 Å². The van der Waals surface area contributed by atoms with Crippen LogP contribution in [0.2, 0.25) is 0 Å². The smallest absolute Gasteiger partial charge is 0.319 e. The summed E-state index contributed by atoms with van der Waals surface area (Å²) >= 11 is 0. The molecular weight excluding hydrogens is 338 g/mol. The van der Waals surface area contributed by atoms with Crippen LogP contribution in [0.15, 0.2) is 73.2 Å². The zero-order valence-electron chi connectivity index (χ0n) is 14.9. The summed E-state index contributed by atoms with van der Waals surface area (Å²) in [6, 6.07) is 17.6. The van der Waals surface area contributed by atoms with Gasteiger partial charge in [0.15, 0.2) is 0 Å². The summed E-state index contributed by atoms with van der Waals surface area (Å²) in [6.45, 7) is 1.17. The van der Waals surface area contributed by atoms with Gasteiger partial charge in [-0.15, -0.1) is 0 Å². The summed E-state index contributed by atoms with van der Waals surface area (Å²) in [5.74, 6) is 0. The average Bonchev–Trinajstić information content (AvgIpc) is 3.34. The summed E-state index contributed by atoms with van der Waals surface area (Å²) in [5, 5.41) is 11.3. The van der Waals surface area contributed by atoms with Crippen LogP contribution in [0.3, 0.4) is 0 Å². The van der Waals surface area contributed by atoms with E-state index in [0.717, 1.165) is 23.2 Å². The Balaban J connectivity index is 1.34. The molecule has 0 spiro atoms. The van der Waals surface area contributed by atoms with E-state index in [1.807, 2.05) is 59.5 Å². The molecule has 3 N–H and O–H groups in total. The second kappa shape index (κ2) is 7.78. The maximum absolute atomic E-state index is 12.3. The summed E-state index contributed by atoms with van der Waals surface area (Å²) in [6.07, 6.45) is 6.42. The second-order valence-electron chi connectivity index (χ2n) is 6.35. The van der Waals surface area contributed by atoms with Gasteiger partial charge in [-0.25, -0.2) is 4.79 Å². The molecule has 0 aliphatic heterocycles. The van der Waals surface area contributed by atoms with E-state index >= 15 is 0 Å². The topological polar surface area (TPSA) is 74.7 Å². The molecule has 2 aromatic carbocycles. The number of anilines is 1. The minimum absolute atomic E-state index is 0.206. The highest BCUT2D eigenvalue weighted by atomic mass is 16.2. The fourth-order valence-electron chi connectivity index (χ4n) is 3.16. The fraction of sp³-hybridized carbons (Fsp3) is 0.143. The first kappa shape index (κ1) is 16.9. The van der Waals surface area contributed by atoms with Crippen LogP contribution in [-0.4, -0.2) is 27.3 Å². The molecule has 0 saturated carbocycles. The van der Waals surface area contributed by atoms with E-state index in [1.165, 1.54) is 10.9 Å². The number of nitrogens with zero attached hydrogens (tertiary/aromatic N) is 2. The number of aromatic nitrogens is 3. The number of benzene rings is 2. The van der Waals surface area contributed by atoms with Crippen molar-refractivity contribution in [3.8, 4) is 0 Å². The summed E-state index contributed by atoms with van der Waals surface area (Å²) in [5.41, 5.74) is 4.11. The minimum Gasteiger partial charge on any atom is -0.361 e. The number of fused-ring (bicyclic) bond motifs is 1. The van der Waals surface area contributed by atoms with Crippen molar-refractivity contribution < 1.29 is 4.79 Å². The monoisotopic (exact) mass is 359 g/mol. The van der Waals surface area contributed by atoms with Gasteiger partial charge in [-0.3, -0.25) is 4.68 Å². The van der Waals surface area contributed by atoms with E-state index in [0.29, 0.717) is 13.1 Å². The van der Waals surface area contributed by atoms with Gasteiger partial charge in [-0.1, -0.05) is 36.4 Å². The van der Waals surface area contributed by atoms with Crippen molar-refractivity contribution in [1.82, 2.24) is 20.1 Å². The van der Waals surface area contributed by atoms with Crippen molar-refractivity contribution in [3.05, 3.63) is 84.3 Å². The third kappa shape index (κ3) is 4.00. The molecule has 0 fully saturated rings. The molecule has 0 radical (unpaired) electrons. The van der Waals surface area contributed by atoms with Gasteiger partial charge in [0.25, 0.3) is 0 Å². The lowest BCUT2D eigenvalue weighted by Crippen LogP contribution is -2.30. The first-order valence-electron chi connectivity index (χ1n) is 8.95. The number of para-hydroxylation sites is 2. The van der Waals surface area contributed by atoms with Crippen molar-refractivity contribution in [2.24, 2.45) is 0 Å². The molecular formula is C21H21N5O. The first-order chi connectivity index (χ1) is 13.3. The van der Waals surface area contributed by atoms with Crippen molar-refractivity contribution in [1.29, 1.82) is 0 Å². The predicted octanol–water partition coefficient (Wildman–Crippen LogP) is 3.78. The van der Waals surface area contributed by atoms with Gasteiger partial charge in [0, 0.05) is 41.7 Å². The number of carbonyl (C=O) groups is 1. The SMILES string of the molecule is O=C(NCCc1c[nH]c2ccccc12)Nc1ccccc1Cn1cccn1. The standard InChI is InChI=1S/C21H21N5O/c27-21(22-12-10-16-14-23-20-9-4-2-7-18(16)20)25-19-8-3-1-6-17(19)15-26-13-5-11-24-26/h1-9,11,13-14,23H,10,12,15H2,(H2,22,25,27). The molecule has 0 unspecified atom stereocenters. The van der Waals surface area contributed by atoms with Crippen LogP contribution in [0.5, 0.6) is 0 Å². The lowest BCUT2D eigenvalue weighted by molar-refractivity contribution is 0.252. The first-order valence-corrected chi connectivity index (χ1v) is 8.95. The number of urea groups is 1. The van der Waals surface area contributed by atoms with E-state index in [4.69, 9.17) is 0 Å². The van der Waals surface area contributed by atoms with Crippen LogP contribution >= 0.6 is 0 Å². The van der Waals surface area contributed by atoms with Gasteiger partial charge in [0.05, 0.1) is 6.54 Å². The fourth-order valence-corrected chi connectivity index (χ4v) is 3.16. The van der Waals surface area contributed by atoms with Crippen LogP contribution in [0, 0.1) is 0 Å². The van der Waals surface area contributed by atoms with Crippen LogP contribution in [0.1, 0.15) is 11.1 Å². The molecule has 2 amide bonds. The number of amides is 2. The number of H-pyrrole nitrogens is 1. The molecule has 6 heteroatoms. The van der Waals surface area contributed by atoms with Crippen LogP contribution in [0.25, 0.3) is 10.9 Å². The van der Waals surface area contributed by atoms with Crippen LogP contribution in [0.4, 0.5) is 10.5 Å². The van der Waals surface area contributed by atoms with Crippen molar-refractivity contribution in [2.45, 2.75) is 13.0 Å². The molecule has 0 atom stereocenters. The van der Waals surface area contributed by atoms with Gasteiger partial charge in [0.2, 0.25) is 0 Å². The van der Waals surface area contributed by atoms with Gasteiger partial charge >= 0.3 is 6.03 Å². The Hall–Kier alpha value is -3.54. The van der Waals surface area contributed by atoms with Crippen LogP contribution < -0.4 is 10.6 Å². The Morgan fingerprint density at radius 1 is 1.04 bits per heavy atom. The maximum atomic E-state index is 12.3. The molecule has 0 bridgehead atoms. The van der Waals surface area contributed by atoms with Gasteiger partial charge in [-0.05, 0) is 35.7 Å². The highest BCUT2D eigenvalue weighted by Gasteiger charge is 2.08. The van der Waals surface area contributed by atoms with Gasteiger partial charge in [0.1, 0.15) is 0 Å². The molecule has 0 aliphatic rings. The zero-order chi connectivity index (χ0) is 18.5. The lowest BCUT2D eigenvalue weighted by Gasteiger charge is -2.12. The third-order valence-electron chi connectivity index (χ3n) is 4.51. The molecule has 4 rings (SSSR count). The van der Waals surface area contributed by atoms with E-state index in [2.05, 4.69) is 32.8 Å². The number of aromatic amines is 1. The molecule has 4 aromatic rings. The predicted molar refractivity (Wildman–Crippen MR) is 107 cm³/mol. The zero-order valence-corrected chi connectivity index (χ0v) is 14.9. The molecule has 2 aromatic heterocycles. The van der Waals surface area contributed by atoms with E-state index in [9.17, 15) is 4.79 Å². The minimum atomic E-state index is -0.206. The van der Waals surface area contributed by atoms with E-state index in [-0.39, 0.29) is 6.03 Å². The molecule has 0 saturated heterocycles. The largest absolute Gasteiger partial charge is 0.361 e. The maximum Gasteiger partial charge on any atom is 0.319 e.